The lowest BCUT2D eigenvalue weighted by Gasteiger charge is -2.32. The van der Waals surface area contributed by atoms with E-state index in [1.54, 1.807) is 43.3 Å². The van der Waals surface area contributed by atoms with Crippen LogP contribution in [0.15, 0.2) is 77.7 Å². The van der Waals surface area contributed by atoms with Gasteiger partial charge in [0.2, 0.25) is 11.8 Å². The molecule has 2 unspecified atom stereocenters. The minimum Gasteiger partial charge on any atom is -0.352 e. The highest BCUT2D eigenvalue weighted by atomic mass is 35.5. The van der Waals surface area contributed by atoms with Crippen molar-refractivity contribution in [3.63, 3.8) is 0 Å². The number of halogens is 1. The van der Waals surface area contributed by atoms with E-state index in [0.717, 1.165) is 27.4 Å². The highest BCUT2D eigenvalue weighted by molar-refractivity contribution is 7.92. The van der Waals surface area contributed by atoms with Gasteiger partial charge in [0.1, 0.15) is 12.6 Å². The molecule has 2 amide bonds. The first-order valence-electron chi connectivity index (χ1n) is 12.9. The number of aryl methyl sites for hydroxylation is 2. The molecule has 0 saturated heterocycles. The van der Waals surface area contributed by atoms with Crippen molar-refractivity contribution < 1.29 is 18.0 Å². The number of sulfonamides is 1. The third-order valence-electron chi connectivity index (χ3n) is 6.77. The average molecular weight is 570 g/mol. The van der Waals surface area contributed by atoms with E-state index < -0.39 is 28.5 Å². The summed E-state index contributed by atoms with van der Waals surface area (Å²) in [5.41, 5.74) is 3.04. The van der Waals surface area contributed by atoms with Crippen LogP contribution in [0.1, 0.15) is 43.9 Å². The van der Waals surface area contributed by atoms with E-state index in [1.807, 2.05) is 52.0 Å². The molecule has 0 bridgehead atoms. The summed E-state index contributed by atoms with van der Waals surface area (Å²) >= 11 is 6.07. The summed E-state index contributed by atoms with van der Waals surface area (Å²) in [6, 6.07) is 19.4. The second-order valence-corrected chi connectivity index (χ2v) is 12.0. The average Bonchev–Trinajstić information content (AvgIpc) is 2.91. The molecule has 2 atom stereocenters. The van der Waals surface area contributed by atoms with E-state index in [-0.39, 0.29) is 23.4 Å². The van der Waals surface area contributed by atoms with Crippen LogP contribution in [0.2, 0.25) is 5.02 Å². The van der Waals surface area contributed by atoms with Gasteiger partial charge in [0.05, 0.1) is 10.6 Å². The Bertz CT molecular complexity index is 1390. The van der Waals surface area contributed by atoms with Gasteiger partial charge in [0.15, 0.2) is 0 Å². The molecule has 0 aliphatic heterocycles. The van der Waals surface area contributed by atoms with E-state index >= 15 is 0 Å². The predicted octanol–water partition coefficient (Wildman–Crippen LogP) is 5.48. The molecule has 0 aliphatic carbocycles. The summed E-state index contributed by atoms with van der Waals surface area (Å²) in [6.45, 7) is 8.98. The molecule has 0 heterocycles. The molecule has 3 aromatic carbocycles. The van der Waals surface area contributed by atoms with Crippen LogP contribution >= 0.6 is 11.6 Å². The zero-order chi connectivity index (χ0) is 28.7. The lowest BCUT2D eigenvalue weighted by atomic mass is 10.1. The molecule has 0 spiro atoms. The Hall–Kier alpha value is -3.36. The first-order valence-corrected chi connectivity index (χ1v) is 14.7. The van der Waals surface area contributed by atoms with Gasteiger partial charge in [-0.05, 0) is 81.6 Å². The summed E-state index contributed by atoms with van der Waals surface area (Å²) in [7, 11) is -4.12. The van der Waals surface area contributed by atoms with Crippen LogP contribution in [-0.4, -0.2) is 43.8 Å². The summed E-state index contributed by atoms with van der Waals surface area (Å²) in [6.07, 6.45) is 0.739. The van der Waals surface area contributed by atoms with E-state index in [0.29, 0.717) is 10.7 Å². The van der Waals surface area contributed by atoms with Crippen molar-refractivity contribution in [1.29, 1.82) is 0 Å². The molecule has 0 aliphatic rings. The molecule has 0 radical (unpaired) electrons. The Labute approximate surface area is 236 Å². The molecular weight excluding hydrogens is 534 g/mol. The minimum absolute atomic E-state index is 0.0591. The fourth-order valence-electron chi connectivity index (χ4n) is 3.99. The van der Waals surface area contributed by atoms with Gasteiger partial charge >= 0.3 is 0 Å². The first-order chi connectivity index (χ1) is 18.4. The predicted molar refractivity (Wildman–Crippen MR) is 156 cm³/mol. The number of nitrogens with zero attached hydrogens (tertiary/aromatic N) is 2. The molecule has 0 saturated carbocycles. The molecule has 0 fully saturated rings. The fourth-order valence-corrected chi connectivity index (χ4v) is 5.53. The van der Waals surface area contributed by atoms with Gasteiger partial charge in [0, 0.05) is 17.6 Å². The summed E-state index contributed by atoms with van der Waals surface area (Å²) in [4.78, 5) is 28.6. The minimum atomic E-state index is -4.12. The van der Waals surface area contributed by atoms with Crippen LogP contribution in [0.5, 0.6) is 0 Å². The Morgan fingerprint density at radius 1 is 0.923 bits per heavy atom. The number of carbonyl (C=O) groups excluding carboxylic acids is 2. The van der Waals surface area contributed by atoms with Gasteiger partial charge in [0.25, 0.3) is 10.0 Å². The lowest BCUT2D eigenvalue weighted by Crippen LogP contribution is -2.52. The quantitative estimate of drug-likeness (QED) is 0.331. The molecular formula is C30H36ClN3O4S. The second-order valence-electron chi connectivity index (χ2n) is 9.74. The molecule has 7 nitrogen and oxygen atoms in total. The highest BCUT2D eigenvalue weighted by Gasteiger charge is 2.33. The van der Waals surface area contributed by atoms with Crippen molar-refractivity contribution >= 4 is 39.1 Å². The van der Waals surface area contributed by atoms with Gasteiger partial charge in [-0.3, -0.25) is 13.9 Å². The van der Waals surface area contributed by atoms with Gasteiger partial charge in [-0.15, -0.1) is 0 Å². The molecule has 9 heteroatoms. The van der Waals surface area contributed by atoms with E-state index in [2.05, 4.69) is 5.32 Å². The molecule has 3 aromatic rings. The third-order valence-corrected chi connectivity index (χ3v) is 8.81. The smallest absolute Gasteiger partial charge is 0.264 e. The number of amides is 2. The maximum Gasteiger partial charge on any atom is 0.264 e. The zero-order valence-electron chi connectivity index (χ0n) is 23.0. The molecule has 1 N–H and O–H groups in total. The van der Waals surface area contributed by atoms with Crippen molar-refractivity contribution in [2.75, 3.05) is 10.8 Å². The van der Waals surface area contributed by atoms with Crippen LogP contribution < -0.4 is 9.62 Å². The van der Waals surface area contributed by atoms with Crippen LogP contribution in [0.4, 0.5) is 5.69 Å². The van der Waals surface area contributed by atoms with Crippen molar-refractivity contribution in [3.05, 3.63) is 94.5 Å². The molecule has 3 rings (SSSR count). The summed E-state index contributed by atoms with van der Waals surface area (Å²) in [5, 5.41) is 3.38. The maximum atomic E-state index is 14.0. The Morgan fingerprint density at radius 2 is 1.54 bits per heavy atom. The Kier molecular flexibility index (Phi) is 10.2. The highest BCUT2D eigenvalue weighted by Crippen LogP contribution is 2.26. The van der Waals surface area contributed by atoms with Crippen molar-refractivity contribution in [3.8, 4) is 0 Å². The standard InChI is InChI=1S/C30H36ClN3O4S/c1-6-23(4)32-30(36)24(5)33(19-25-10-8-7-9-22(25)3)29(35)20-34(27-15-13-26(31)14-16-27)39(37,38)28-17-11-21(2)12-18-28/h7-18,23-24H,6,19-20H2,1-5H3,(H,32,36). The monoisotopic (exact) mass is 569 g/mol. The number of anilines is 1. The van der Waals surface area contributed by atoms with Gasteiger partial charge in [-0.1, -0.05) is 60.5 Å². The first kappa shape index (κ1) is 30.2. The molecule has 39 heavy (non-hydrogen) atoms. The third kappa shape index (κ3) is 7.61. The van der Waals surface area contributed by atoms with Gasteiger partial charge < -0.3 is 10.2 Å². The largest absolute Gasteiger partial charge is 0.352 e. The van der Waals surface area contributed by atoms with Crippen LogP contribution in [0.25, 0.3) is 0 Å². The number of hydrogen-bond acceptors (Lipinski definition) is 4. The SMILES string of the molecule is CCC(C)NC(=O)C(C)N(Cc1ccccc1C)C(=O)CN(c1ccc(Cl)cc1)S(=O)(=O)c1ccc(C)cc1. The van der Waals surface area contributed by atoms with Crippen molar-refractivity contribution in [2.45, 2.75) is 64.6 Å². The van der Waals surface area contributed by atoms with Crippen LogP contribution in [-0.2, 0) is 26.2 Å². The zero-order valence-corrected chi connectivity index (χ0v) is 24.6. The van der Waals surface area contributed by atoms with Crippen molar-refractivity contribution in [1.82, 2.24) is 10.2 Å². The number of hydrogen-bond donors (Lipinski definition) is 1. The summed E-state index contributed by atoms with van der Waals surface area (Å²) < 4.78 is 28.7. The summed E-state index contributed by atoms with van der Waals surface area (Å²) in [5.74, 6) is -0.804. The van der Waals surface area contributed by atoms with Crippen LogP contribution in [0, 0.1) is 13.8 Å². The lowest BCUT2D eigenvalue weighted by molar-refractivity contribution is -0.139. The van der Waals surface area contributed by atoms with E-state index in [9.17, 15) is 18.0 Å². The number of rotatable bonds is 11. The van der Waals surface area contributed by atoms with Gasteiger partial charge in [-0.25, -0.2) is 8.42 Å². The van der Waals surface area contributed by atoms with Crippen LogP contribution in [0.3, 0.4) is 0 Å². The maximum absolute atomic E-state index is 14.0. The topological polar surface area (TPSA) is 86.8 Å². The Morgan fingerprint density at radius 3 is 2.13 bits per heavy atom. The number of nitrogens with one attached hydrogen (secondary N) is 1. The Balaban J connectivity index is 2.03. The number of benzene rings is 3. The molecule has 0 aromatic heterocycles. The second kappa shape index (κ2) is 13.1. The van der Waals surface area contributed by atoms with Gasteiger partial charge in [-0.2, -0.15) is 0 Å². The normalized spacial score (nSPS) is 12.9. The van der Waals surface area contributed by atoms with Crippen molar-refractivity contribution in [2.24, 2.45) is 0 Å². The number of carbonyl (C=O) groups is 2. The van der Waals surface area contributed by atoms with E-state index in [1.165, 1.54) is 17.0 Å². The fraction of sp³-hybridized carbons (Fsp3) is 0.333. The van der Waals surface area contributed by atoms with E-state index in [4.69, 9.17) is 11.6 Å². The molecule has 208 valence electrons.